The molecule has 1 aromatic carbocycles. The van der Waals surface area contributed by atoms with Crippen molar-refractivity contribution in [2.24, 2.45) is 10.9 Å². The Kier molecular flexibility index (Phi) is 6.11. The lowest BCUT2D eigenvalue weighted by molar-refractivity contribution is 0.299. The Morgan fingerprint density at radius 1 is 1.43 bits per heavy atom. The molecule has 2 aliphatic rings. The lowest BCUT2D eigenvalue weighted by Crippen LogP contribution is -2.34. The van der Waals surface area contributed by atoms with Crippen LogP contribution in [0.2, 0.25) is 0 Å². The van der Waals surface area contributed by atoms with Gasteiger partial charge in [0, 0.05) is 32.6 Å². The highest BCUT2D eigenvalue weighted by Crippen LogP contribution is 2.59. The van der Waals surface area contributed by atoms with Crippen LogP contribution in [-0.4, -0.2) is 70.6 Å². The van der Waals surface area contributed by atoms with Crippen LogP contribution in [-0.2, 0) is 5.41 Å². The summed E-state index contributed by atoms with van der Waals surface area (Å²) in [4.78, 5) is 13.4. The molecule has 0 spiro atoms. The maximum Gasteiger partial charge on any atom is 0.192 e. The van der Waals surface area contributed by atoms with Gasteiger partial charge in [0.2, 0.25) is 0 Å². The number of likely N-dealkylation sites (tertiary alicyclic amines) is 1. The number of phenols is 1. The predicted molar refractivity (Wildman–Crippen MR) is 122 cm³/mol. The van der Waals surface area contributed by atoms with E-state index in [1.807, 2.05) is 30.8 Å². The molecule has 3 unspecified atom stereocenters. The van der Waals surface area contributed by atoms with Gasteiger partial charge in [0.1, 0.15) is 5.75 Å². The number of hydrogen-bond donors (Lipinski definition) is 1. The minimum Gasteiger partial charge on any atom is -0.508 e. The first-order chi connectivity index (χ1) is 14.4. The summed E-state index contributed by atoms with van der Waals surface area (Å²) in [5.41, 5.74) is 2.61. The summed E-state index contributed by atoms with van der Waals surface area (Å²) in [5, 5.41) is 9.87. The van der Waals surface area contributed by atoms with Gasteiger partial charge in [-0.3, -0.25) is 4.99 Å². The zero-order valence-electron chi connectivity index (χ0n) is 18.3. The van der Waals surface area contributed by atoms with E-state index in [9.17, 15) is 5.11 Å². The number of hydrogen-bond acceptors (Lipinski definition) is 6. The van der Waals surface area contributed by atoms with Crippen LogP contribution in [0.1, 0.15) is 36.8 Å². The van der Waals surface area contributed by atoms with E-state index in [1.165, 1.54) is 31.3 Å². The number of phenolic OH excluding ortho intramolecular Hbond substituents is 1. The number of aromatic hydroxyl groups is 1. The molecule has 162 valence electrons. The summed E-state index contributed by atoms with van der Waals surface area (Å²) in [6, 6.07) is 7.86. The maximum absolute atomic E-state index is 9.56. The zero-order valence-corrected chi connectivity index (χ0v) is 19.2. The molecule has 2 heterocycles. The molecule has 1 aliphatic carbocycles. The molecule has 1 saturated carbocycles. The van der Waals surface area contributed by atoms with Gasteiger partial charge < -0.3 is 19.3 Å². The second kappa shape index (κ2) is 8.63. The van der Waals surface area contributed by atoms with E-state index in [0.29, 0.717) is 16.5 Å². The third kappa shape index (κ3) is 4.10. The van der Waals surface area contributed by atoms with Gasteiger partial charge in [0.05, 0.1) is 11.1 Å². The molecule has 0 amide bonds. The Morgan fingerprint density at radius 2 is 2.20 bits per heavy atom. The number of benzene rings is 1. The molecular formula is C23H32N4O2S. The van der Waals surface area contributed by atoms with Crippen LogP contribution < -0.4 is 0 Å². The zero-order chi connectivity index (χ0) is 21.3. The Bertz CT molecular complexity index is 897. The molecule has 6 nitrogen and oxygen atoms in total. The third-order valence-electron chi connectivity index (χ3n) is 6.68. The molecule has 1 N–H and O–H groups in total. The molecule has 1 aromatic heterocycles. The summed E-state index contributed by atoms with van der Waals surface area (Å²) in [6.45, 7) is 7.67. The Hall–Kier alpha value is -1.99. The number of thioether (sulfide) groups is 1. The fraction of sp³-hybridized carbons (Fsp3) is 0.565. The van der Waals surface area contributed by atoms with Crippen molar-refractivity contribution in [3.63, 3.8) is 0 Å². The smallest absolute Gasteiger partial charge is 0.192 e. The van der Waals surface area contributed by atoms with Crippen LogP contribution in [0.4, 0.5) is 0 Å². The molecular weight excluding hydrogens is 396 g/mol. The maximum atomic E-state index is 9.56. The number of amidine groups is 1. The van der Waals surface area contributed by atoms with Crippen LogP contribution >= 0.6 is 11.8 Å². The first kappa shape index (κ1) is 21.2. The Balaban J connectivity index is 1.22. The normalized spacial score (nSPS) is 24.7. The van der Waals surface area contributed by atoms with Gasteiger partial charge in [0.25, 0.3) is 0 Å². The molecule has 0 bridgehead atoms. The van der Waals surface area contributed by atoms with Gasteiger partial charge in [-0.15, -0.1) is 11.8 Å². The molecule has 2 fully saturated rings. The quantitative estimate of drug-likeness (QED) is 0.299. The van der Waals surface area contributed by atoms with Gasteiger partial charge in [-0.1, -0.05) is 12.1 Å². The average molecular weight is 429 g/mol. The van der Waals surface area contributed by atoms with Crippen molar-refractivity contribution >= 4 is 17.6 Å². The SMILES string of the molecule is C/N=C(/c1ocnc1C)N(C)C(C)SCCCN1CC2CC2(c2ccc(O)cc2)C1. The third-order valence-corrected chi connectivity index (χ3v) is 8.00. The number of aryl methyl sites for hydroxylation is 1. The van der Waals surface area contributed by atoms with E-state index in [0.717, 1.165) is 42.1 Å². The highest BCUT2D eigenvalue weighted by atomic mass is 32.2. The van der Waals surface area contributed by atoms with Crippen LogP contribution in [0.5, 0.6) is 5.75 Å². The summed E-state index contributed by atoms with van der Waals surface area (Å²) < 4.78 is 5.53. The van der Waals surface area contributed by atoms with Gasteiger partial charge in [-0.25, -0.2) is 4.98 Å². The summed E-state index contributed by atoms with van der Waals surface area (Å²) in [6.07, 6.45) is 3.96. The van der Waals surface area contributed by atoms with Crippen molar-refractivity contribution in [1.82, 2.24) is 14.8 Å². The molecule has 30 heavy (non-hydrogen) atoms. The van der Waals surface area contributed by atoms with E-state index in [-0.39, 0.29) is 0 Å². The van der Waals surface area contributed by atoms with Crippen LogP contribution in [0, 0.1) is 12.8 Å². The van der Waals surface area contributed by atoms with Crippen LogP contribution in [0.25, 0.3) is 0 Å². The van der Waals surface area contributed by atoms with Crippen molar-refractivity contribution in [2.45, 2.75) is 37.5 Å². The largest absolute Gasteiger partial charge is 0.508 e. The van der Waals surface area contributed by atoms with Gasteiger partial charge >= 0.3 is 0 Å². The van der Waals surface area contributed by atoms with E-state index in [2.05, 4.69) is 45.9 Å². The summed E-state index contributed by atoms with van der Waals surface area (Å²) in [5.74, 6) is 3.86. The fourth-order valence-corrected chi connectivity index (χ4v) is 5.72. The Morgan fingerprint density at radius 3 is 2.87 bits per heavy atom. The van der Waals surface area contributed by atoms with Crippen molar-refractivity contribution in [2.75, 3.05) is 39.5 Å². The number of aliphatic imine (C=N–C) groups is 1. The summed E-state index contributed by atoms with van der Waals surface area (Å²) >= 11 is 1.95. The van der Waals surface area contributed by atoms with Gasteiger partial charge in [0.15, 0.2) is 18.0 Å². The van der Waals surface area contributed by atoms with E-state index in [4.69, 9.17) is 4.42 Å². The highest BCUT2D eigenvalue weighted by Gasteiger charge is 2.60. The number of fused-ring (bicyclic) bond motifs is 1. The lowest BCUT2D eigenvalue weighted by Gasteiger charge is -2.27. The Labute approximate surface area is 183 Å². The minimum atomic E-state index is 0.309. The van der Waals surface area contributed by atoms with Crippen LogP contribution in [0.3, 0.4) is 0 Å². The van der Waals surface area contributed by atoms with Crippen molar-refractivity contribution in [3.05, 3.63) is 47.7 Å². The summed E-state index contributed by atoms with van der Waals surface area (Å²) in [7, 11) is 3.87. The van der Waals surface area contributed by atoms with Crippen molar-refractivity contribution < 1.29 is 9.52 Å². The van der Waals surface area contributed by atoms with E-state index < -0.39 is 0 Å². The van der Waals surface area contributed by atoms with Gasteiger partial charge in [-0.2, -0.15) is 0 Å². The molecule has 1 saturated heterocycles. The predicted octanol–water partition coefficient (Wildman–Crippen LogP) is 3.74. The monoisotopic (exact) mass is 428 g/mol. The number of oxazole rings is 1. The standard InChI is InChI=1S/C23H32N4O2S/c1-16-21(29-15-25-16)22(24-3)26(4)17(2)30-11-5-10-27-13-19-12-23(19,14-27)18-6-8-20(28)9-7-18/h6-9,15,17,19,28H,5,10-14H2,1-4H3/b24-22-. The topological polar surface area (TPSA) is 65.1 Å². The number of aromatic nitrogens is 1. The van der Waals surface area contributed by atoms with Crippen molar-refractivity contribution in [3.8, 4) is 5.75 Å². The van der Waals surface area contributed by atoms with Crippen molar-refractivity contribution in [1.29, 1.82) is 0 Å². The second-order valence-electron chi connectivity index (χ2n) is 8.59. The molecule has 4 rings (SSSR count). The first-order valence-electron chi connectivity index (χ1n) is 10.7. The van der Waals surface area contributed by atoms with E-state index >= 15 is 0 Å². The molecule has 1 aliphatic heterocycles. The fourth-order valence-electron chi connectivity index (χ4n) is 4.76. The van der Waals surface area contributed by atoms with Crippen LogP contribution in [0.15, 0.2) is 40.1 Å². The first-order valence-corrected chi connectivity index (χ1v) is 11.7. The molecule has 7 heteroatoms. The molecule has 2 aromatic rings. The molecule has 3 atom stereocenters. The number of rotatable bonds is 8. The van der Waals surface area contributed by atoms with Gasteiger partial charge in [-0.05, 0) is 62.6 Å². The highest BCUT2D eigenvalue weighted by molar-refractivity contribution is 7.99. The molecule has 0 radical (unpaired) electrons. The minimum absolute atomic E-state index is 0.309. The average Bonchev–Trinajstić information content (AvgIpc) is 3.06. The lowest BCUT2D eigenvalue weighted by atomic mass is 9.95. The van der Waals surface area contributed by atoms with E-state index in [1.54, 1.807) is 7.05 Å². The number of nitrogens with zero attached hydrogens (tertiary/aromatic N) is 4. The number of piperidine rings is 1. The second-order valence-corrected chi connectivity index (χ2v) is 10.0.